The molecule has 1 aromatic carbocycles. The molecular weight excluding hydrogens is 987 g/mol. The summed E-state index contributed by atoms with van der Waals surface area (Å²) in [6.07, 6.45) is 9.59. The van der Waals surface area contributed by atoms with Gasteiger partial charge in [0.2, 0.25) is 18.2 Å². The van der Waals surface area contributed by atoms with E-state index in [9.17, 15) is 33.6 Å². The van der Waals surface area contributed by atoms with Crippen LogP contribution in [-0.2, 0) is 42.8 Å². The molecule has 0 bridgehead atoms. The molecule has 0 aliphatic carbocycles. The second-order valence-corrected chi connectivity index (χ2v) is 20.6. The Hall–Kier alpha value is -4.43. The number of hydrogen-bond donors (Lipinski definition) is 9. The number of unbranched alkanes of at least 4 members (excludes halogenated alkanes) is 2. The van der Waals surface area contributed by atoms with Crippen LogP contribution in [0.25, 0.3) is 0 Å². The summed E-state index contributed by atoms with van der Waals surface area (Å²) in [5, 5.41) is 26.8. The predicted molar refractivity (Wildman–Crippen MR) is 278 cm³/mol. The van der Waals surface area contributed by atoms with E-state index in [-0.39, 0.29) is 59.2 Å². The highest BCUT2D eigenvalue weighted by molar-refractivity contribution is 8.00. The average molecular weight is 1070 g/mol. The lowest BCUT2D eigenvalue weighted by molar-refractivity contribution is -0.122. The van der Waals surface area contributed by atoms with Crippen molar-refractivity contribution in [1.29, 1.82) is 0 Å². The summed E-state index contributed by atoms with van der Waals surface area (Å²) in [6.45, 7) is 6.98. The van der Waals surface area contributed by atoms with Gasteiger partial charge in [0.1, 0.15) is 0 Å². The van der Waals surface area contributed by atoms with E-state index in [1.54, 1.807) is 0 Å². The van der Waals surface area contributed by atoms with Gasteiger partial charge in [-0.05, 0) is 69.6 Å². The number of hydrogen-bond acceptors (Lipinski definition) is 15. The molecule has 0 radical (unpaired) electrons. The molecule has 6 unspecified atom stereocenters. The normalized spacial score (nSPS) is 20.5. The molecule has 0 aromatic heterocycles. The number of thioether (sulfide) groups is 2. The predicted octanol–water partition coefficient (Wildman–Crippen LogP) is 2.06. The molecule has 9 N–H and O–H groups in total. The van der Waals surface area contributed by atoms with Gasteiger partial charge in [0.25, 0.3) is 11.8 Å². The maximum absolute atomic E-state index is 12.9. The van der Waals surface area contributed by atoms with Gasteiger partial charge in [-0.1, -0.05) is 12.8 Å². The Labute approximate surface area is 437 Å². The molecular formula is C49H79N9O13S2. The number of ether oxygens (including phenoxy) is 6. The van der Waals surface area contributed by atoms with Crippen molar-refractivity contribution < 1.29 is 62.0 Å². The van der Waals surface area contributed by atoms with Crippen molar-refractivity contribution >= 4 is 71.3 Å². The fourth-order valence-electron chi connectivity index (χ4n) is 8.61. The molecule has 1 aromatic rings. The van der Waals surface area contributed by atoms with Crippen molar-refractivity contribution in [2.24, 2.45) is 0 Å². The minimum Gasteiger partial charge on any atom is -0.379 e. The minimum absolute atomic E-state index is 0.0480. The molecule has 24 heteroatoms. The fraction of sp³-hybridized carbons (Fsp3) is 0.735. The summed E-state index contributed by atoms with van der Waals surface area (Å²) in [7, 11) is 0. The average Bonchev–Trinajstić information content (AvgIpc) is 4.15. The number of carbonyl (C=O) groups excluding carboxylic acids is 7. The van der Waals surface area contributed by atoms with Gasteiger partial charge in [-0.2, -0.15) is 23.5 Å². The Morgan fingerprint density at radius 3 is 1.25 bits per heavy atom. The molecule has 6 atom stereocenters. The van der Waals surface area contributed by atoms with Crippen LogP contribution < -0.4 is 47.9 Å². The van der Waals surface area contributed by atoms with E-state index in [0.29, 0.717) is 167 Å². The Balaban J connectivity index is 0.755. The number of urea groups is 2. The Morgan fingerprint density at radius 2 is 0.863 bits per heavy atom. The number of amides is 9. The highest BCUT2D eigenvalue weighted by Gasteiger charge is 2.43. The van der Waals surface area contributed by atoms with E-state index < -0.39 is 11.8 Å². The second kappa shape index (κ2) is 35.7. The van der Waals surface area contributed by atoms with E-state index in [2.05, 4.69) is 47.9 Å². The van der Waals surface area contributed by atoms with Gasteiger partial charge in [0.05, 0.1) is 77.0 Å². The summed E-state index contributed by atoms with van der Waals surface area (Å²) >= 11 is 3.78. The molecule has 410 valence electrons. The highest BCUT2D eigenvalue weighted by atomic mass is 32.2. The Bertz CT molecular complexity index is 1740. The Morgan fingerprint density at radius 1 is 0.493 bits per heavy atom. The molecule has 5 rings (SSSR count). The van der Waals surface area contributed by atoms with Gasteiger partial charge < -0.3 is 76.3 Å². The molecule has 4 aliphatic heterocycles. The zero-order chi connectivity index (χ0) is 51.7. The van der Waals surface area contributed by atoms with Crippen LogP contribution in [0.1, 0.15) is 97.8 Å². The monoisotopic (exact) mass is 1070 g/mol. The molecule has 22 nitrogen and oxygen atoms in total. The van der Waals surface area contributed by atoms with Crippen LogP contribution in [0, 0.1) is 0 Å². The number of rotatable bonds is 42. The van der Waals surface area contributed by atoms with Gasteiger partial charge >= 0.3 is 12.1 Å². The third kappa shape index (κ3) is 23.8. The maximum Gasteiger partial charge on any atom is 0.315 e. The summed E-state index contributed by atoms with van der Waals surface area (Å²) in [6, 6.07) is 5.18. The van der Waals surface area contributed by atoms with Gasteiger partial charge in [0.15, 0.2) is 0 Å². The Kier molecular flexibility index (Phi) is 29.1. The van der Waals surface area contributed by atoms with Crippen molar-refractivity contribution in [1.82, 2.24) is 42.5 Å². The molecule has 73 heavy (non-hydrogen) atoms. The summed E-state index contributed by atoms with van der Waals surface area (Å²) in [4.78, 5) is 84.4. The molecule has 4 saturated heterocycles. The minimum atomic E-state index is -0.392. The molecule has 9 amide bonds. The fourth-order valence-corrected chi connectivity index (χ4v) is 11.7. The van der Waals surface area contributed by atoms with Crippen molar-refractivity contribution in [2.45, 2.75) is 112 Å². The van der Waals surface area contributed by atoms with Crippen molar-refractivity contribution in [3.05, 3.63) is 29.3 Å². The van der Waals surface area contributed by atoms with Crippen LogP contribution in [0.15, 0.2) is 18.2 Å². The summed E-state index contributed by atoms with van der Waals surface area (Å²) in [5.74, 6) is 1.20. The molecule has 4 aliphatic rings. The van der Waals surface area contributed by atoms with Crippen molar-refractivity contribution in [2.75, 3.05) is 122 Å². The standard InChI is InChI=1S/C49H79N9O13S2/c59-34-54-37-30-35(46(62)52-15-7-19-68-23-27-70-25-21-66-17-5-13-50-42(60)11-3-1-9-40-44-38(32-72-40)55-48(64)57-44)29-36(31-37)47(63)53-16-8-20-69-24-28-71-26-22-67-18-6-14-51-43(61)12-4-2-10-41-45-39(33-73-41)56-49(65)58-45/h29-31,34,38-41,44-45H,1-28,32-33H2,(H,50,60)(H,51,61)(H,52,62)(H,53,63)(H,54,59)(H2,55,57,64)(H2,56,58,65). The topological polar surface area (TPSA) is 283 Å². The van der Waals surface area contributed by atoms with Gasteiger partial charge in [0, 0.05) is 104 Å². The lowest BCUT2D eigenvalue weighted by Crippen LogP contribution is -2.36. The zero-order valence-electron chi connectivity index (χ0n) is 42.1. The maximum atomic E-state index is 12.9. The third-order valence-electron chi connectivity index (χ3n) is 12.4. The summed E-state index contributed by atoms with van der Waals surface area (Å²) in [5.41, 5.74) is 0.770. The van der Waals surface area contributed by atoms with E-state index in [0.717, 1.165) is 50.0 Å². The van der Waals surface area contributed by atoms with Gasteiger partial charge in [-0.3, -0.25) is 24.0 Å². The largest absolute Gasteiger partial charge is 0.379 e. The van der Waals surface area contributed by atoms with Crippen molar-refractivity contribution in [3.8, 4) is 0 Å². The number of anilines is 1. The van der Waals surface area contributed by atoms with E-state index >= 15 is 0 Å². The molecule has 4 heterocycles. The SMILES string of the molecule is O=CNc1cc(C(=O)NCCCOCCOCCOCCCNC(=O)CCCCC2SCC3NC(=O)NC32)cc(C(=O)NCCCOCCOCCOCCCNC(=O)CCCCC2SCC3NC(=O)NC32)c1. The van der Waals surface area contributed by atoms with Crippen LogP contribution in [0.4, 0.5) is 15.3 Å². The number of nitrogens with one attached hydrogen (secondary N) is 9. The van der Waals surface area contributed by atoms with E-state index in [4.69, 9.17) is 28.4 Å². The molecule has 4 fully saturated rings. The third-order valence-corrected chi connectivity index (χ3v) is 15.4. The van der Waals surface area contributed by atoms with Crippen molar-refractivity contribution in [3.63, 3.8) is 0 Å². The second-order valence-electron chi connectivity index (χ2n) is 18.1. The zero-order valence-corrected chi connectivity index (χ0v) is 43.7. The first-order valence-corrected chi connectivity index (χ1v) is 28.1. The smallest absolute Gasteiger partial charge is 0.315 e. The van der Waals surface area contributed by atoms with E-state index in [1.807, 2.05) is 23.5 Å². The van der Waals surface area contributed by atoms with Gasteiger partial charge in [-0.15, -0.1) is 0 Å². The first-order valence-electron chi connectivity index (χ1n) is 26.0. The first-order chi connectivity index (χ1) is 35.7. The highest BCUT2D eigenvalue weighted by Crippen LogP contribution is 2.34. The summed E-state index contributed by atoms with van der Waals surface area (Å²) < 4.78 is 33.5. The number of carbonyl (C=O) groups is 7. The first kappa shape index (κ1) is 59.4. The van der Waals surface area contributed by atoms with Crippen LogP contribution >= 0.6 is 23.5 Å². The van der Waals surface area contributed by atoms with Crippen LogP contribution in [0.2, 0.25) is 0 Å². The molecule has 0 saturated carbocycles. The quantitative estimate of drug-likeness (QED) is 0.0258. The lowest BCUT2D eigenvalue weighted by atomic mass is 10.0. The van der Waals surface area contributed by atoms with Crippen LogP contribution in [-0.4, -0.2) is 194 Å². The number of benzene rings is 1. The lowest BCUT2D eigenvalue weighted by Gasteiger charge is -2.16. The van der Waals surface area contributed by atoms with E-state index in [1.165, 1.54) is 18.2 Å². The van der Waals surface area contributed by atoms with Crippen LogP contribution in [0.3, 0.4) is 0 Å². The molecule has 0 spiro atoms. The number of fused-ring (bicyclic) bond motifs is 2. The van der Waals surface area contributed by atoms with Gasteiger partial charge in [-0.25, -0.2) is 9.59 Å². The van der Waals surface area contributed by atoms with Crippen LogP contribution in [0.5, 0.6) is 0 Å².